The van der Waals surface area contributed by atoms with Crippen LogP contribution in [0.25, 0.3) is 0 Å². The van der Waals surface area contributed by atoms with Crippen LogP contribution in [0.15, 0.2) is 12.3 Å². The Morgan fingerprint density at radius 2 is 1.90 bits per heavy atom. The Morgan fingerprint density at radius 3 is 2.50 bits per heavy atom. The van der Waals surface area contributed by atoms with E-state index in [-0.39, 0.29) is 17.5 Å². The summed E-state index contributed by atoms with van der Waals surface area (Å²) in [6.07, 6.45) is 1.13. The van der Waals surface area contributed by atoms with Gasteiger partial charge in [0.25, 0.3) is 0 Å². The van der Waals surface area contributed by atoms with Gasteiger partial charge in [0.05, 0.1) is 17.5 Å². The van der Waals surface area contributed by atoms with E-state index in [1.165, 1.54) is 0 Å². The minimum absolute atomic E-state index is 0.0310. The van der Waals surface area contributed by atoms with E-state index in [1.807, 2.05) is 0 Å². The maximum absolute atomic E-state index is 13.3. The van der Waals surface area contributed by atoms with Crippen molar-refractivity contribution in [1.82, 2.24) is 15.6 Å². The van der Waals surface area contributed by atoms with Crippen molar-refractivity contribution in [2.24, 2.45) is 5.92 Å². The minimum atomic E-state index is -4.61. The van der Waals surface area contributed by atoms with Gasteiger partial charge in [-0.15, -0.1) is 0 Å². The fraction of sp³-hybridized carbons (Fsp3) is 0.714. The van der Waals surface area contributed by atoms with Crippen molar-refractivity contribution in [3.63, 3.8) is 0 Å². The Bertz CT molecular complexity index is 727. The summed E-state index contributed by atoms with van der Waals surface area (Å²) in [5, 5.41) is 6.14. The molecule has 30 heavy (non-hydrogen) atoms. The molecule has 1 saturated carbocycles. The van der Waals surface area contributed by atoms with E-state index in [1.54, 1.807) is 7.05 Å². The van der Waals surface area contributed by atoms with Crippen LogP contribution in [0.5, 0.6) is 0 Å². The van der Waals surface area contributed by atoms with Crippen molar-refractivity contribution in [2.45, 2.75) is 62.6 Å². The van der Waals surface area contributed by atoms with Gasteiger partial charge in [-0.25, -0.2) is 4.39 Å². The first kappa shape index (κ1) is 22.9. The number of ether oxygens (including phenoxy) is 1. The smallest absolute Gasteiger partial charge is 0.381 e. The molecule has 0 spiro atoms. The second-order valence-electron chi connectivity index (χ2n) is 8.29. The molecule has 2 N–H and O–H groups in total. The number of pyridine rings is 1. The Hall–Kier alpha value is -1.74. The molecule has 5 nitrogen and oxygen atoms in total. The van der Waals surface area contributed by atoms with Gasteiger partial charge in [-0.2, -0.15) is 13.2 Å². The summed E-state index contributed by atoms with van der Waals surface area (Å²) in [5.41, 5.74) is -1.61. The largest absolute Gasteiger partial charge is 0.418 e. The van der Waals surface area contributed by atoms with E-state index in [0.29, 0.717) is 57.4 Å². The van der Waals surface area contributed by atoms with Crippen LogP contribution in [0, 0.1) is 11.7 Å². The maximum Gasteiger partial charge on any atom is 0.418 e. The Kier molecular flexibility index (Phi) is 7.34. The van der Waals surface area contributed by atoms with Gasteiger partial charge in [0.15, 0.2) is 0 Å². The summed E-state index contributed by atoms with van der Waals surface area (Å²) in [7, 11) is 1.63. The number of rotatable bonds is 6. The highest BCUT2D eigenvalue weighted by molar-refractivity contribution is 5.86. The average Bonchev–Trinajstić information content (AvgIpc) is 2.74. The lowest BCUT2D eigenvalue weighted by molar-refractivity contribution is -0.139. The molecular weight excluding hydrogens is 402 g/mol. The van der Waals surface area contributed by atoms with Crippen LogP contribution in [0.2, 0.25) is 0 Å². The normalized spacial score (nSPS) is 24.4. The molecule has 9 heteroatoms. The number of amides is 1. The van der Waals surface area contributed by atoms with E-state index in [0.717, 1.165) is 25.5 Å². The van der Waals surface area contributed by atoms with E-state index in [4.69, 9.17) is 4.74 Å². The van der Waals surface area contributed by atoms with E-state index in [2.05, 4.69) is 15.6 Å². The molecule has 1 aromatic rings. The van der Waals surface area contributed by atoms with Crippen LogP contribution in [0.3, 0.4) is 0 Å². The molecule has 1 aromatic heterocycles. The average molecular weight is 431 g/mol. The number of halogens is 4. The van der Waals surface area contributed by atoms with Crippen molar-refractivity contribution in [1.29, 1.82) is 0 Å². The standard InChI is InChI=1S/C21H29F4N3O2/c1-26-19(29)20(7-10-30-11-8-20)28-9-6-14-2-4-15(5-3-14)18-17(21(23,24)25)12-16(22)13-27-18/h12-15,28H,2-11H2,1H3,(H,26,29)/t14-,15+. The summed E-state index contributed by atoms with van der Waals surface area (Å²) in [6, 6.07) is 0.546. The van der Waals surface area contributed by atoms with Gasteiger partial charge in [-0.3, -0.25) is 9.78 Å². The van der Waals surface area contributed by atoms with Crippen molar-refractivity contribution < 1.29 is 27.1 Å². The fourth-order valence-corrected chi connectivity index (χ4v) is 4.69. The van der Waals surface area contributed by atoms with Crippen molar-refractivity contribution >= 4 is 5.91 Å². The quantitative estimate of drug-likeness (QED) is 0.673. The van der Waals surface area contributed by atoms with Crippen molar-refractivity contribution in [3.8, 4) is 0 Å². The summed E-state index contributed by atoms with van der Waals surface area (Å²) in [4.78, 5) is 16.1. The highest BCUT2D eigenvalue weighted by atomic mass is 19.4. The lowest BCUT2D eigenvalue weighted by Gasteiger charge is -2.37. The van der Waals surface area contributed by atoms with Crippen molar-refractivity contribution in [2.75, 3.05) is 26.8 Å². The Balaban J connectivity index is 1.54. The summed E-state index contributed by atoms with van der Waals surface area (Å²) >= 11 is 0. The van der Waals surface area contributed by atoms with Gasteiger partial charge in [0.2, 0.25) is 5.91 Å². The van der Waals surface area contributed by atoms with Crippen LogP contribution in [0.1, 0.15) is 62.1 Å². The third-order valence-corrected chi connectivity index (χ3v) is 6.45. The van der Waals surface area contributed by atoms with Crippen LogP contribution >= 0.6 is 0 Å². The molecule has 0 unspecified atom stereocenters. The molecule has 1 aliphatic heterocycles. The zero-order valence-electron chi connectivity index (χ0n) is 17.2. The molecule has 0 radical (unpaired) electrons. The molecule has 1 amide bonds. The van der Waals surface area contributed by atoms with Crippen LogP contribution < -0.4 is 10.6 Å². The third kappa shape index (κ3) is 5.29. The SMILES string of the molecule is CNC(=O)C1(NCC[C@H]2CC[C@@H](c3ncc(F)cc3C(F)(F)F)CC2)CCOCC1. The number of aromatic nitrogens is 1. The molecular formula is C21H29F4N3O2. The van der Waals surface area contributed by atoms with Crippen LogP contribution in [0.4, 0.5) is 17.6 Å². The van der Waals surface area contributed by atoms with E-state index in [9.17, 15) is 22.4 Å². The van der Waals surface area contributed by atoms with Gasteiger partial charge in [0, 0.05) is 26.2 Å². The number of alkyl halides is 3. The van der Waals surface area contributed by atoms with Gasteiger partial charge in [-0.05, 0) is 63.5 Å². The summed E-state index contributed by atoms with van der Waals surface area (Å²) in [6.45, 7) is 1.75. The molecule has 3 rings (SSSR count). The van der Waals surface area contributed by atoms with Gasteiger partial charge >= 0.3 is 6.18 Å². The fourth-order valence-electron chi connectivity index (χ4n) is 4.69. The lowest BCUT2D eigenvalue weighted by atomic mass is 9.78. The molecule has 2 fully saturated rings. The number of hydrogen-bond donors (Lipinski definition) is 2. The monoisotopic (exact) mass is 431 g/mol. The Morgan fingerprint density at radius 1 is 1.23 bits per heavy atom. The predicted octanol–water partition coefficient (Wildman–Crippen LogP) is 3.79. The lowest BCUT2D eigenvalue weighted by Crippen LogP contribution is -2.59. The molecule has 2 aliphatic rings. The third-order valence-electron chi connectivity index (χ3n) is 6.45. The zero-order valence-corrected chi connectivity index (χ0v) is 17.2. The van der Waals surface area contributed by atoms with E-state index >= 15 is 0 Å². The number of carbonyl (C=O) groups excluding carboxylic acids is 1. The minimum Gasteiger partial charge on any atom is -0.381 e. The molecule has 168 valence electrons. The first-order chi connectivity index (χ1) is 14.2. The van der Waals surface area contributed by atoms with Gasteiger partial charge in [-0.1, -0.05) is 0 Å². The maximum atomic E-state index is 13.3. The first-order valence-corrected chi connectivity index (χ1v) is 10.5. The second-order valence-corrected chi connectivity index (χ2v) is 8.29. The molecule has 1 saturated heterocycles. The predicted molar refractivity (Wildman–Crippen MR) is 103 cm³/mol. The number of nitrogens with one attached hydrogen (secondary N) is 2. The van der Waals surface area contributed by atoms with Crippen LogP contribution in [-0.4, -0.2) is 43.2 Å². The number of likely N-dealkylation sites (N-methyl/N-ethyl adjacent to an activating group) is 1. The first-order valence-electron chi connectivity index (χ1n) is 10.5. The van der Waals surface area contributed by atoms with E-state index < -0.39 is 23.1 Å². The number of hydrogen-bond acceptors (Lipinski definition) is 4. The Labute approximate surface area is 174 Å². The highest BCUT2D eigenvalue weighted by Crippen LogP contribution is 2.41. The second kappa shape index (κ2) is 9.60. The summed E-state index contributed by atoms with van der Waals surface area (Å²) < 4.78 is 58.5. The molecule has 0 bridgehead atoms. The van der Waals surface area contributed by atoms with Gasteiger partial charge < -0.3 is 15.4 Å². The molecule has 1 aliphatic carbocycles. The van der Waals surface area contributed by atoms with Crippen LogP contribution in [-0.2, 0) is 15.7 Å². The number of nitrogens with zero attached hydrogens (tertiary/aromatic N) is 1. The topological polar surface area (TPSA) is 63.2 Å². The summed E-state index contributed by atoms with van der Waals surface area (Å²) in [5.74, 6) is -0.926. The molecule has 0 aromatic carbocycles. The number of carbonyl (C=O) groups is 1. The van der Waals surface area contributed by atoms with Gasteiger partial charge in [0.1, 0.15) is 11.4 Å². The molecule has 0 atom stereocenters. The highest BCUT2D eigenvalue weighted by Gasteiger charge is 2.40. The van der Waals surface area contributed by atoms with Crippen molar-refractivity contribution in [3.05, 3.63) is 29.3 Å². The molecule has 2 heterocycles. The zero-order chi connectivity index (χ0) is 21.8.